The van der Waals surface area contributed by atoms with Crippen molar-refractivity contribution >= 4 is 28.3 Å². The molecule has 1 saturated heterocycles. The van der Waals surface area contributed by atoms with Crippen molar-refractivity contribution < 1.29 is 9.90 Å². The molecule has 2 aliphatic heterocycles. The Balaban J connectivity index is 1.35. The average Bonchev–Trinajstić information content (AvgIpc) is 3.52. The molecule has 37 heavy (non-hydrogen) atoms. The number of hydrogen-bond donors (Lipinski definition) is 3. The fourth-order valence-corrected chi connectivity index (χ4v) is 5.12. The highest BCUT2D eigenvalue weighted by Gasteiger charge is 2.34. The van der Waals surface area contributed by atoms with Gasteiger partial charge < -0.3 is 15.3 Å². The lowest BCUT2D eigenvalue weighted by molar-refractivity contribution is 0.0765. The summed E-state index contributed by atoms with van der Waals surface area (Å²) in [5.74, 6) is -0.302. The molecule has 0 bridgehead atoms. The molecule has 2 aliphatic rings. The number of β-amino-alcohol motifs (C(OH)–C–C–N with tert-alkyl or cyclic N) is 1. The summed E-state index contributed by atoms with van der Waals surface area (Å²) in [5, 5.41) is 41.0. The lowest BCUT2D eigenvalue weighted by Gasteiger charge is -2.26. The molecule has 3 unspecified atom stereocenters. The first kappa shape index (κ1) is 24.2. The molecule has 5 rings (SSSR count). The number of likely N-dealkylation sites (tertiary alicyclic amines) is 1. The van der Waals surface area contributed by atoms with Gasteiger partial charge in [0, 0.05) is 42.2 Å². The van der Waals surface area contributed by atoms with Gasteiger partial charge in [-0.25, -0.2) is 0 Å². The number of carbonyl (C=O) groups is 1. The zero-order chi connectivity index (χ0) is 26.1. The molecule has 3 aromatic rings. The van der Waals surface area contributed by atoms with E-state index in [4.69, 9.17) is 0 Å². The second kappa shape index (κ2) is 9.88. The van der Waals surface area contributed by atoms with E-state index in [-0.39, 0.29) is 11.8 Å². The van der Waals surface area contributed by atoms with Crippen LogP contribution in [-0.2, 0) is 6.54 Å². The van der Waals surface area contributed by atoms with Crippen LogP contribution in [0.4, 0.5) is 5.82 Å². The molecule has 3 N–H and O–H groups in total. The van der Waals surface area contributed by atoms with Gasteiger partial charge in [-0.1, -0.05) is 18.2 Å². The fraction of sp³-hybridized carbons (Fsp3) is 0.321. The highest BCUT2D eigenvalue weighted by atomic mass is 16.3. The smallest absolute Gasteiger partial charge is 0.253 e. The average molecular weight is 494 g/mol. The molecule has 0 radical (unpaired) electrons. The Morgan fingerprint density at radius 1 is 1.22 bits per heavy atom. The summed E-state index contributed by atoms with van der Waals surface area (Å²) in [7, 11) is 0. The van der Waals surface area contributed by atoms with Crippen LogP contribution < -0.4 is 5.32 Å². The van der Waals surface area contributed by atoms with E-state index < -0.39 is 12.0 Å². The molecular formula is C28H27N7O2. The van der Waals surface area contributed by atoms with Gasteiger partial charge in [-0.3, -0.25) is 14.9 Å². The normalized spacial score (nSPS) is 21.5. The SMILES string of the molecule is CC1=NC(C)=C(C#N)C(c2ccc3[nH]nc(NCc4ccc(C(=O)N5CCC(O)C5)cc4)c3c2)C1C#N. The van der Waals surface area contributed by atoms with Crippen molar-refractivity contribution in [3.63, 3.8) is 0 Å². The van der Waals surface area contributed by atoms with Crippen molar-refractivity contribution in [2.45, 2.75) is 38.8 Å². The number of rotatable bonds is 5. The lowest BCUT2D eigenvalue weighted by Crippen LogP contribution is -2.29. The predicted octanol–water partition coefficient (Wildman–Crippen LogP) is 3.88. The zero-order valence-electron chi connectivity index (χ0n) is 20.7. The number of aromatic nitrogens is 2. The molecule has 2 aromatic carbocycles. The van der Waals surface area contributed by atoms with Gasteiger partial charge >= 0.3 is 0 Å². The molecule has 0 spiro atoms. The first-order chi connectivity index (χ1) is 17.9. The van der Waals surface area contributed by atoms with Gasteiger partial charge in [0.1, 0.15) is 0 Å². The van der Waals surface area contributed by atoms with E-state index in [9.17, 15) is 20.4 Å². The number of allylic oxidation sites excluding steroid dienone is 2. The quantitative estimate of drug-likeness (QED) is 0.493. The van der Waals surface area contributed by atoms with Gasteiger partial charge in [-0.15, -0.1) is 0 Å². The summed E-state index contributed by atoms with van der Waals surface area (Å²) in [6.07, 6.45) is 0.176. The van der Waals surface area contributed by atoms with E-state index >= 15 is 0 Å². The van der Waals surface area contributed by atoms with Crippen LogP contribution in [0.15, 0.2) is 58.7 Å². The molecule has 0 aliphatic carbocycles. The number of benzene rings is 2. The number of nitrogens with zero attached hydrogens (tertiary/aromatic N) is 5. The lowest BCUT2D eigenvalue weighted by atomic mass is 9.76. The van der Waals surface area contributed by atoms with E-state index in [2.05, 4.69) is 32.6 Å². The number of aromatic amines is 1. The molecule has 186 valence electrons. The number of hydrogen-bond acceptors (Lipinski definition) is 7. The van der Waals surface area contributed by atoms with Crippen molar-refractivity contribution in [1.29, 1.82) is 10.5 Å². The number of nitrogens with one attached hydrogen (secondary N) is 2. The number of anilines is 1. The summed E-state index contributed by atoms with van der Waals surface area (Å²) < 4.78 is 0. The molecule has 9 heteroatoms. The second-order valence-electron chi connectivity index (χ2n) is 9.57. The van der Waals surface area contributed by atoms with Crippen LogP contribution in [0, 0.1) is 28.6 Å². The topological polar surface area (TPSA) is 141 Å². The molecule has 3 heterocycles. The maximum Gasteiger partial charge on any atom is 0.253 e. The van der Waals surface area contributed by atoms with Gasteiger partial charge in [0.2, 0.25) is 0 Å². The van der Waals surface area contributed by atoms with Crippen LogP contribution in [0.3, 0.4) is 0 Å². The van der Waals surface area contributed by atoms with Crippen molar-refractivity contribution in [2.24, 2.45) is 10.9 Å². The third kappa shape index (κ3) is 4.57. The predicted molar refractivity (Wildman–Crippen MR) is 140 cm³/mol. The number of aliphatic hydroxyl groups excluding tert-OH is 1. The third-order valence-electron chi connectivity index (χ3n) is 7.15. The summed E-state index contributed by atoms with van der Waals surface area (Å²) in [6, 6.07) is 17.8. The van der Waals surface area contributed by atoms with Gasteiger partial charge in [0.05, 0.1) is 40.9 Å². The van der Waals surface area contributed by atoms with E-state index in [1.807, 2.05) is 37.3 Å². The number of nitriles is 2. The van der Waals surface area contributed by atoms with Gasteiger partial charge in [0.25, 0.3) is 5.91 Å². The van der Waals surface area contributed by atoms with Crippen molar-refractivity contribution in [2.75, 3.05) is 18.4 Å². The number of amides is 1. The monoisotopic (exact) mass is 493 g/mol. The van der Waals surface area contributed by atoms with E-state index in [1.54, 1.807) is 24.0 Å². The van der Waals surface area contributed by atoms with Gasteiger partial charge in [-0.2, -0.15) is 15.6 Å². The summed E-state index contributed by atoms with van der Waals surface area (Å²) in [6.45, 7) is 5.09. The Morgan fingerprint density at radius 3 is 2.68 bits per heavy atom. The van der Waals surface area contributed by atoms with Gasteiger partial charge in [0.15, 0.2) is 5.82 Å². The summed E-state index contributed by atoms with van der Waals surface area (Å²) in [4.78, 5) is 18.7. The molecule has 3 atom stereocenters. The van der Waals surface area contributed by atoms with E-state index in [0.717, 1.165) is 22.0 Å². The number of H-pyrrole nitrogens is 1. The Labute approximate surface area is 214 Å². The third-order valence-corrected chi connectivity index (χ3v) is 7.15. The van der Waals surface area contributed by atoms with Crippen LogP contribution in [0.25, 0.3) is 10.9 Å². The Hall–Kier alpha value is -4.47. The molecule has 0 saturated carbocycles. The Morgan fingerprint density at radius 2 is 2.00 bits per heavy atom. The standard InChI is InChI=1S/C28H27N7O2/c1-16-23(12-29)26(24(13-30)17(2)32-16)20-7-8-25-22(11-20)27(34-33-25)31-14-18-3-5-19(6-4-18)28(37)35-10-9-21(36)15-35/h3-8,11,21,23,26,36H,9-10,14-15H2,1-2H3,(H2,31,33,34). The second-order valence-corrected chi connectivity index (χ2v) is 9.57. The van der Waals surface area contributed by atoms with Crippen LogP contribution in [0.1, 0.15) is 47.7 Å². The number of carbonyl (C=O) groups excluding carboxylic acids is 1. The van der Waals surface area contributed by atoms with Crippen molar-refractivity contribution in [1.82, 2.24) is 15.1 Å². The zero-order valence-corrected chi connectivity index (χ0v) is 20.7. The molecular weight excluding hydrogens is 466 g/mol. The minimum Gasteiger partial charge on any atom is -0.391 e. The summed E-state index contributed by atoms with van der Waals surface area (Å²) >= 11 is 0. The Kier molecular flexibility index (Phi) is 6.47. The highest BCUT2D eigenvalue weighted by Crippen LogP contribution is 2.39. The van der Waals surface area contributed by atoms with Crippen LogP contribution >= 0.6 is 0 Å². The molecule has 1 amide bonds. The molecule has 1 aromatic heterocycles. The highest BCUT2D eigenvalue weighted by molar-refractivity contribution is 5.95. The first-order valence-corrected chi connectivity index (χ1v) is 12.2. The number of fused-ring (bicyclic) bond motifs is 1. The van der Waals surface area contributed by atoms with Crippen molar-refractivity contribution in [3.8, 4) is 12.1 Å². The maximum absolute atomic E-state index is 12.6. The minimum atomic E-state index is -0.510. The number of aliphatic imine (C=N–C) groups is 1. The van der Waals surface area contributed by atoms with Gasteiger partial charge in [-0.05, 0) is 55.7 Å². The fourth-order valence-electron chi connectivity index (χ4n) is 5.12. The van der Waals surface area contributed by atoms with Crippen LogP contribution in [0.5, 0.6) is 0 Å². The maximum atomic E-state index is 12.6. The molecule has 1 fully saturated rings. The minimum absolute atomic E-state index is 0.0680. The van der Waals surface area contributed by atoms with E-state index in [1.165, 1.54) is 0 Å². The largest absolute Gasteiger partial charge is 0.391 e. The number of aliphatic hydroxyl groups is 1. The summed E-state index contributed by atoms with van der Waals surface area (Å²) in [5.41, 5.74) is 5.15. The van der Waals surface area contributed by atoms with Crippen LogP contribution in [0.2, 0.25) is 0 Å². The first-order valence-electron chi connectivity index (χ1n) is 12.2. The molecule has 9 nitrogen and oxygen atoms in total. The van der Waals surface area contributed by atoms with Crippen molar-refractivity contribution in [3.05, 3.63) is 70.4 Å². The Bertz CT molecular complexity index is 1500. The van der Waals surface area contributed by atoms with E-state index in [0.29, 0.717) is 54.4 Å². The van der Waals surface area contributed by atoms with Crippen LogP contribution in [-0.4, -0.2) is 51.0 Å².